The Morgan fingerprint density at radius 3 is 2.92 bits per heavy atom. The van der Waals surface area contributed by atoms with Crippen molar-refractivity contribution >= 4 is 23.5 Å². The number of hydrogen-bond acceptors (Lipinski definition) is 4. The van der Waals surface area contributed by atoms with Crippen LogP contribution in [0, 0.1) is 6.92 Å². The minimum atomic E-state index is -0.0572. The third-order valence-electron chi connectivity index (χ3n) is 1.000. The molecule has 0 aliphatic rings. The lowest BCUT2D eigenvalue weighted by Gasteiger charge is -1.82. The van der Waals surface area contributed by atoms with Gasteiger partial charge in [0.25, 0.3) is 0 Å². The minimum absolute atomic E-state index is 0.0572. The molecule has 1 aromatic rings. The van der Waals surface area contributed by atoms with E-state index in [2.05, 4.69) is 15.2 Å². The fourth-order valence-electron chi connectivity index (χ4n) is 0.594. The second-order valence-corrected chi connectivity index (χ2v) is 3.12. The molecule has 0 atom stereocenters. The molecule has 0 saturated heterocycles. The van der Waals surface area contributed by atoms with Gasteiger partial charge in [-0.1, -0.05) is 0 Å². The number of rotatable bonds is 2. The van der Waals surface area contributed by atoms with Gasteiger partial charge in [0.05, 0.1) is 16.9 Å². The Morgan fingerprint density at radius 1 is 1.67 bits per heavy atom. The number of aryl methyl sites for hydroxylation is 1. The van der Waals surface area contributed by atoms with Crippen LogP contribution in [0.1, 0.15) is 10.7 Å². The van der Waals surface area contributed by atoms with Crippen molar-refractivity contribution in [1.29, 1.82) is 0 Å². The number of nitrogens with zero attached hydrogens (tertiary/aromatic N) is 3. The summed E-state index contributed by atoms with van der Waals surface area (Å²) in [4.78, 5) is 4.13. The van der Waals surface area contributed by atoms with E-state index in [1.54, 1.807) is 11.3 Å². The molecular weight excluding hydrogens is 174 g/mol. The Balaban J connectivity index is 2.64. The molecule has 0 radical (unpaired) electrons. The van der Waals surface area contributed by atoms with Gasteiger partial charge in [-0.15, -0.1) is 16.4 Å². The van der Waals surface area contributed by atoms with E-state index < -0.39 is 0 Å². The van der Waals surface area contributed by atoms with Crippen molar-refractivity contribution in [2.45, 2.75) is 6.92 Å². The summed E-state index contributed by atoms with van der Waals surface area (Å²) in [6.45, 7) is 1.92. The van der Waals surface area contributed by atoms with Crippen LogP contribution in [0.3, 0.4) is 0 Å². The van der Waals surface area contributed by atoms with Crippen molar-refractivity contribution in [3.63, 3.8) is 0 Å². The molecule has 0 aliphatic carbocycles. The SMILES string of the molecule is Cc1nc(C=NN=C(N)N)cs1. The average Bonchev–Trinajstić information content (AvgIpc) is 2.35. The van der Waals surface area contributed by atoms with Crippen LogP contribution < -0.4 is 11.5 Å². The Hall–Kier alpha value is -1.43. The van der Waals surface area contributed by atoms with Crippen molar-refractivity contribution in [2.24, 2.45) is 21.7 Å². The average molecular weight is 183 g/mol. The van der Waals surface area contributed by atoms with Crippen molar-refractivity contribution in [3.8, 4) is 0 Å². The summed E-state index contributed by atoms with van der Waals surface area (Å²) < 4.78 is 0. The first-order valence-corrected chi connectivity index (χ1v) is 4.10. The van der Waals surface area contributed by atoms with E-state index in [1.165, 1.54) is 6.21 Å². The Kier molecular flexibility index (Phi) is 2.76. The predicted octanol–water partition coefficient (Wildman–Crippen LogP) is 0.0588. The molecule has 0 aromatic carbocycles. The van der Waals surface area contributed by atoms with Crippen LogP contribution in [-0.4, -0.2) is 17.2 Å². The lowest BCUT2D eigenvalue weighted by atomic mass is 10.5. The Labute approximate surface area is 73.8 Å². The summed E-state index contributed by atoms with van der Waals surface area (Å²) >= 11 is 1.55. The van der Waals surface area contributed by atoms with Gasteiger partial charge >= 0.3 is 0 Å². The minimum Gasteiger partial charge on any atom is -0.369 e. The predicted molar refractivity (Wildman–Crippen MR) is 50.3 cm³/mol. The van der Waals surface area contributed by atoms with Gasteiger partial charge in [0.1, 0.15) is 0 Å². The molecule has 1 aromatic heterocycles. The number of thiazole rings is 1. The first-order chi connectivity index (χ1) is 5.68. The van der Waals surface area contributed by atoms with Crippen molar-refractivity contribution in [3.05, 3.63) is 16.1 Å². The van der Waals surface area contributed by atoms with Gasteiger partial charge in [-0.05, 0) is 6.92 Å². The molecule has 0 saturated carbocycles. The second-order valence-electron chi connectivity index (χ2n) is 2.06. The lowest BCUT2D eigenvalue weighted by Crippen LogP contribution is -2.21. The molecule has 0 aliphatic heterocycles. The fourth-order valence-corrected chi connectivity index (χ4v) is 1.16. The fraction of sp³-hybridized carbons (Fsp3) is 0.167. The van der Waals surface area contributed by atoms with E-state index in [4.69, 9.17) is 11.5 Å². The van der Waals surface area contributed by atoms with E-state index in [0.717, 1.165) is 10.7 Å². The van der Waals surface area contributed by atoms with Gasteiger partial charge in [0.15, 0.2) is 0 Å². The van der Waals surface area contributed by atoms with E-state index >= 15 is 0 Å². The van der Waals surface area contributed by atoms with Gasteiger partial charge in [-0.3, -0.25) is 0 Å². The highest BCUT2D eigenvalue weighted by atomic mass is 32.1. The zero-order valence-corrected chi connectivity index (χ0v) is 7.38. The Bertz CT molecular complexity index is 309. The molecule has 6 heteroatoms. The molecule has 4 N–H and O–H groups in total. The second kappa shape index (κ2) is 3.82. The normalized spacial score (nSPS) is 10.4. The van der Waals surface area contributed by atoms with E-state index in [1.807, 2.05) is 12.3 Å². The molecule has 0 spiro atoms. The summed E-state index contributed by atoms with van der Waals surface area (Å²) in [6, 6.07) is 0. The maximum atomic E-state index is 5.06. The molecular formula is C6H9N5S. The lowest BCUT2D eigenvalue weighted by molar-refractivity contribution is 1.20. The number of guanidine groups is 1. The van der Waals surface area contributed by atoms with Crippen LogP contribution in [-0.2, 0) is 0 Å². The molecule has 12 heavy (non-hydrogen) atoms. The first kappa shape index (κ1) is 8.66. The first-order valence-electron chi connectivity index (χ1n) is 3.22. The summed E-state index contributed by atoms with van der Waals surface area (Å²) in [5.74, 6) is -0.0572. The maximum Gasteiger partial charge on any atom is 0.211 e. The van der Waals surface area contributed by atoms with Crippen LogP contribution in [0.2, 0.25) is 0 Å². The van der Waals surface area contributed by atoms with E-state index in [9.17, 15) is 0 Å². The maximum absolute atomic E-state index is 5.06. The summed E-state index contributed by atoms with van der Waals surface area (Å²) in [6.07, 6.45) is 1.50. The molecule has 0 unspecified atom stereocenters. The molecule has 5 nitrogen and oxygen atoms in total. The summed E-state index contributed by atoms with van der Waals surface area (Å²) in [5.41, 5.74) is 10.9. The highest BCUT2D eigenvalue weighted by Crippen LogP contribution is 2.05. The van der Waals surface area contributed by atoms with Gasteiger partial charge in [-0.25, -0.2) is 4.98 Å². The number of hydrogen-bond donors (Lipinski definition) is 2. The Morgan fingerprint density at radius 2 is 2.42 bits per heavy atom. The van der Waals surface area contributed by atoms with Gasteiger partial charge in [-0.2, -0.15) is 5.10 Å². The quantitative estimate of drug-likeness (QED) is 0.386. The largest absolute Gasteiger partial charge is 0.369 e. The highest BCUT2D eigenvalue weighted by molar-refractivity contribution is 7.09. The van der Waals surface area contributed by atoms with Gasteiger partial charge in [0, 0.05) is 5.38 Å². The van der Waals surface area contributed by atoms with Crippen LogP contribution in [0.15, 0.2) is 15.6 Å². The monoisotopic (exact) mass is 183 g/mol. The van der Waals surface area contributed by atoms with E-state index in [0.29, 0.717) is 0 Å². The van der Waals surface area contributed by atoms with Crippen LogP contribution >= 0.6 is 11.3 Å². The topological polar surface area (TPSA) is 89.6 Å². The molecule has 64 valence electrons. The third kappa shape index (κ3) is 2.67. The highest BCUT2D eigenvalue weighted by Gasteiger charge is 1.91. The van der Waals surface area contributed by atoms with Crippen LogP contribution in [0.4, 0.5) is 0 Å². The number of aromatic nitrogens is 1. The smallest absolute Gasteiger partial charge is 0.211 e. The zero-order chi connectivity index (χ0) is 8.97. The molecule has 1 heterocycles. The third-order valence-corrected chi connectivity index (χ3v) is 1.79. The van der Waals surface area contributed by atoms with Crippen molar-refractivity contribution < 1.29 is 0 Å². The van der Waals surface area contributed by atoms with Gasteiger partial charge in [0.2, 0.25) is 5.96 Å². The van der Waals surface area contributed by atoms with Crippen molar-refractivity contribution in [1.82, 2.24) is 4.98 Å². The molecule has 1 rings (SSSR count). The van der Waals surface area contributed by atoms with E-state index in [-0.39, 0.29) is 5.96 Å². The standard InChI is InChI=1S/C6H9N5S/c1-4-10-5(3-12-4)2-9-11-6(7)8/h2-3H,1H3,(H4,7,8,11). The molecule has 0 amide bonds. The molecule has 0 fully saturated rings. The van der Waals surface area contributed by atoms with Crippen molar-refractivity contribution in [2.75, 3.05) is 0 Å². The zero-order valence-electron chi connectivity index (χ0n) is 6.56. The van der Waals surface area contributed by atoms with Gasteiger partial charge < -0.3 is 11.5 Å². The summed E-state index contributed by atoms with van der Waals surface area (Å²) in [5, 5.41) is 9.91. The van der Waals surface area contributed by atoms with Crippen LogP contribution in [0.25, 0.3) is 0 Å². The van der Waals surface area contributed by atoms with Crippen LogP contribution in [0.5, 0.6) is 0 Å². The number of nitrogens with two attached hydrogens (primary N) is 2. The summed E-state index contributed by atoms with van der Waals surface area (Å²) in [7, 11) is 0. The molecule has 0 bridgehead atoms.